The van der Waals surface area contributed by atoms with E-state index in [0.717, 1.165) is 21.3 Å². The van der Waals surface area contributed by atoms with Crippen LogP contribution in [0.2, 0.25) is 0 Å². The molecule has 0 spiro atoms. The lowest BCUT2D eigenvalue weighted by atomic mass is 10.1. The van der Waals surface area contributed by atoms with Crippen LogP contribution in [-0.4, -0.2) is 5.84 Å². The molecule has 4 heteroatoms. The Balaban J connectivity index is 2.03. The number of halogens is 1. The molecule has 0 unspecified atom stereocenters. The summed E-state index contributed by atoms with van der Waals surface area (Å²) in [5, 5.41) is 17.1. The quantitative estimate of drug-likeness (QED) is 0.873. The van der Waals surface area contributed by atoms with E-state index in [1.807, 2.05) is 35.2 Å². The minimum Gasteiger partial charge on any atom is -0.321 e. The molecule has 1 N–H and O–H groups in total. The zero-order chi connectivity index (χ0) is 13.4. The molecule has 2 aromatic rings. The fourth-order valence-corrected chi connectivity index (χ4v) is 2.88. The van der Waals surface area contributed by atoms with Gasteiger partial charge in [-0.15, -0.1) is 0 Å². The van der Waals surface area contributed by atoms with Gasteiger partial charge in [0, 0.05) is 10.0 Å². The van der Waals surface area contributed by atoms with Gasteiger partial charge in [-0.05, 0) is 39.7 Å². The molecule has 0 saturated heterocycles. The van der Waals surface area contributed by atoms with Crippen LogP contribution >= 0.6 is 15.9 Å². The summed E-state index contributed by atoms with van der Waals surface area (Å²) >= 11 is 3.48. The van der Waals surface area contributed by atoms with Crippen LogP contribution < -0.4 is 4.90 Å². The fourth-order valence-electron chi connectivity index (χ4n) is 2.28. The highest BCUT2D eigenvalue weighted by Crippen LogP contribution is 2.33. The Morgan fingerprint density at radius 1 is 1.21 bits per heavy atom. The van der Waals surface area contributed by atoms with Gasteiger partial charge in [-0.25, -0.2) is 0 Å². The monoisotopic (exact) mass is 311 g/mol. The Morgan fingerprint density at radius 3 is 2.68 bits per heavy atom. The molecule has 0 aromatic heterocycles. The normalized spacial score (nSPS) is 13.3. The maximum Gasteiger partial charge on any atom is 0.133 e. The lowest BCUT2D eigenvalue weighted by Crippen LogP contribution is -2.23. The maximum absolute atomic E-state index is 8.89. The summed E-state index contributed by atoms with van der Waals surface area (Å²) in [6.07, 6.45) is 0. The van der Waals surface area contributed by atoms with Crippen molar-refractivity contribution in [1.82, 2.24) is 0 Å². The van der Waals surface area contributed by atoms with Gasteiger partial charge in [0.25, 0.3) is 0 Å². The van der Waals surface area contributed by atoms with Crippen molar-refractivity contribution in [2.24, 2.45) is 0 Å². The summed E-state index contributed by atoms with van der Waals surface area (Å²) in [5.74, 6) is 0.501. The van der Waals surface area contributed by atoms with Gasteiger partial charge in [-0.3, -0.25) is 5.41 Å². The van der Waals surface area contributed by atoms with Crippen LogP contribution in [0.5, 0.6) is 0 Å². The third kappa shape index (κ3) is 1.92. The second kappa shape index (κ2) is 4.52. The van der Waals surface area contributed by atoms with Gasteiger partial charge in [0.05, 0.1) is 23.9 Å². The molecule has 0 saturated carbocycles. The Hall–Kier alpha value is -2.12. The van der Waals surface area contributed by atoms with E-state index >= 15 is 0 Å². The zero-order valence-corrected chi connectivity index (χ0v) is 11.6. The third-order valence-corrected chi connectivity index (χ3v) is 3.87. The molecule has 0 amide bonds. The number of nitriles is 1. The van der Waals surface area contributed by atoms with Crippen molar-refractivity contribution in [3.05, 3.63) is 63.6 Å². The van der Waals surface area contributed by atoms with Crippen LogP contribution in [-0.2, 0) is 6.54 Å². The predicted molar refractivity (Wildman–Crippen MR) is 78.3 cm³/mol. The van der Waals surface area contributed by atoms with E-state index in [0.29, 0.717) is 17.9 Å². The molecule has 92 valence electrons. The number of hydrogen-bond donors (Lipinski definition) is 1. The number of fused-ring (bicyclic) bond motifs is 1. The summed E-state index contributed by atoms with van der Waals surface area (Å²) in [7, 11) is 0. The minimum absolute atomic E-state index is 0.501. The van der Waals surface area contributed by atoms with Gasteiger partial charge in [0.1, 0.15) is 5.84 Å². The number of amidine groups is 1. The Bertz CT molecular complexity index is 716. The van der Waals surface area contributed by atoms with Crippen LogP contribution in [0.1, 0.15) is 16.7 Å². The number of anilines is 1. The topological polar surface area (TPSA) is 50.9 Å². The largest absolute Gasteiger partial charge is 0.321 e. The van der Waals surface area contributed by atoms with Crippen molar-refractivity contribution < 1.29 is 0 Å². The zero-order valence-electron chi connectivity index (χ0n) is 10.0. The number of benzene rings is 2. The molecule has 0 fully saturated rings. The van der Waals surface area contributed by atoms with Crippen LogP contribution in [0.15, 0.2) is 46.9 Å². The molecule has 2 aromatic carbocycles. The van der Waals surface area contributed by atoms with E-state index in [-0.39, 0.29) is 0 Å². The van der Waals surface area contributed by atoms with Crippen LogP contribution in [0.25, 0.3) is 0 Å². The molecule has 0 radical (unpaired) electrons. The summed E-state index contributed by atoms with van der Waals surface area (Å²) < 4.78 is 0.837. The van der Waals surface area contributed by atoms with Crippen molar-refractivity contribution in [3.63, 3.8) is 0 Å². The molecular formula is C15H10BrN3. The SMILES string of the molecule is N#Cc1ccc(N2Cc3ccccc3C2=N)c(Br)c1. The van der Waals surface area contributed by atoms with Gasteiger partial charge >= 0.3 is 0 Å². The summed E-state index contributed by atoms with van der Waals surface area (Å²) in [4.78, 5) is 1.94. The number of nitrogens with one attached hydrogen (secondary N) is 1. The van der Waals surface area contributed by atoms with E-state index < -0.39 is 0 Å². The first-order valence-electron chi connectivity index (χ1n) is 5.84. The highest BCUT2D eigenvalue weighted by Gasteiger charge is 2.25. The molecular weight excluding hydrogens is 302 g/mol. The van der Waals surface area contributed by atoms with Gasteiger partial charge in [-0.1, -0.05) is 24.3 Å². The summed E-state index contributed by atoms with van der Waals surface area (Å²) in [6, 6.07) is 15.5. The first-order valence-corrected chi connectivity index (χ1v) is 6.64. The number of hydrogen-bond acceptors (Lipinski definition) is 2. The van der Waals surface area contributed by atoms with E-state index in [4.69, 9.17) is 10.7 Å². The Labute approximate surface area is 119 Å². The second-order valence-electron chi connectivity index (χ2n) is 4.37. The first-order chi connectivity index (χ1) is 9.20. The average molecular weight is 312 g/mol. The standard InChI is InChI=1S/C15H10BrN3/c16-13-7-10(8-17)5-6-14(13)19-9-11-3-1-2-4-12(11)15(19)18/h1-7,18H,9H2. The summed E-state index contributed by atoms with van der Waals surface area (Å²) in [5.41, 5.74) is 3.65. The van der Waals surface area contributed by atoms with E-state index in [1.54, 1.807) is 12.1 Å². The molecule has 1 aliphatic heterocycles. The van der Waals surface area contributed by atoms with Crippen molar-refractivity contribution >= 4 is 27.5 Å². The number of nitrogens with zero attached hydrogens (tertiary/aromatic N) is 2. The molecule has 0 atom stereocenters. The van der Waals surface area contributed by atoms with Crippen molar-refractivity contribution in [1.29, 1.82) is 10.7 Å². The highest BCUT2D eigenvalue weighted by molar-refractivity contribution is 9.10. The van der Waals surface area contributed by atoms with Gasteiger partial charge < -0.3 is 4.90 Å². The van der Waals surface area contributed by atoms with Crippen LogP contribution in [0.4, 0.5) is 5.69 Å². The van der Waals surface area contributed by atoms with Crippen LogP contribution in [0.3, 0.4) is 0 Å². The molecule has 0 bridgehead atoms. The average Bonchev–Trinajstić information content (AvgIpc) is 2.76. The smallest absolute Gasteiger partial charge is 0.133 e. The first kappa shape index (κ1) is 11.9. The molecule has 1 aliphatic rings. The van der Waals surface area contributed by atoms with Gasteiger partial charge in [0.2, 0.25) is 0 Å². The Morgan fingerprint density at radius 2 is 2.00 bits per heavy atom. The van der Waals surface area contributed by atoms with Gasteiger partial charge in [-0.2, -0.15) is 5.26 Å². The second-order valence-corrected chi connectivity index (χ2v) is 5.22. The number of rotatable bonds is 1. The molecule has 1 heterocycles. The molecule has 3 nitrogen and oxygen atoms in total. The van der Waals surface area contributed by atoms with Crippen molar-refractivity contribution in [2.75, 3.05) is 4.90 Å². The van der Waals surface area contributed by atoms with E-state index in [2.05, 4.69) is 22.0 Å². The molecule has 0 aliphatic carbocycles. The minimum atomic E-state index is 0.501. The third-order valence-electron chi connectivity index (χ3n) is 3.24. The Kier molecular flexibility index (Phi) is 2.84. The van der Waals surface area contributed by atoms with E-state index in [9.17, 15) is 0 Å². The maximum atomic E-state index is 8.89. The summed E-state index contributed by atoms with van der Waals surface area (Å²) in [6.45, 7) is 0.694. The fraction of sp³-hybridized carbons (Fsp3) is 0.0667. The predicted octanol–water partition coefficient (Wildman–Crippen LogP) is 3.67. The van der Waals surface area contributed by atoms with Crippen LogP contribution in [0, 0.1) is 16.7 Å². The molecule has 3 rings (SSSR count). The van der Waals surface area contributed by atoms with Gasteiger partial charge in [0.15, 0.2) is 0 Å². The van der Waals surface area contributed by atoms with Crippen molar-refractivity contribution in [2.45, 2.75) is 6.54 Å². The lowest BCUT2D eigenvalue weighted by molar-refractivity contribution is 1.04. The lowest BCUT2D eigenvalue weighted by Gasteiger charge is -2.19. The van der Waals surface area contributed by atoms with E-state index in [1.165, 1.54) is 0 Å². The molecule has 19 heavy (non-hydrogen) atoms. The van der Waals surface area contributed by atoms with Crippen molar-refractivity contribution in [3.8, 4) is 6.07 Å². The highest BCUT2D eigenvalue weighted by atomic mass is 79.9.